The Morgan fingerprint density at radius 3 is 1.39 bits per heavy atom. The second-order valence-corrected chi connectivity index (χ2v) is 21.3. The standard InChI is InChI=1S/C29H40N2O3.C27H36N2O3/c1-2-33-28(32)22-12-18-31(19-13-22)21-24-7-6-23-20-26(8-9-27(23)30-24)34-25-10-16-29(17-11-25)14-4-3-5-15-29;30-26(31)20-10-16-29(17-11-20)19-22-5-4-21-18-24(6-7-25(21)28-22)32-23-8-14-27(15-9-23)12-2-1-3-13-27/h6-9,20,22,25H,2-5,10-19,21H2,1H3;4-7,18,20,23H,1-3,8-17,19H2,(H,30,31). The first kappa shape index (κ1) is 46.8. The number of hydrogen-bond acceptors (Lipinski definition) is 9. The van der Waals surface area contributed by atoms with Crippen LogP contribution in [0.3, 0.4) is 0 Å². The van der Waals surface area contributed by atoms with E-state index in [2.05, 4.69) is 70.5 Å². The van der Waals surface area contributed by atoms with Crippen LogP contribution in [0.1, 0.15) is 160 Å². The number of benzene rings is 2. The molecule has 4 aromatic rings. The molecule has 66 heavy (non-hydrogen) atoms. The molecule has 0 bridgehead atoms. The van der Waals surface area contributed by atoms with Crippen LogP contribution in [0.15, 0.2) is 60.7 Å². The first-order valence-electron chi connectivity index (χ1n) is 26.2. The molecule has 10 heteroatoms. The molecule has 10 rings (SSSR count). The maximum Gasteiger partial charge on any atom is 0.309 e. The van der Waals surface area contributed by atoms with Gasteiger partial charge in [-0.2, -0.15) is 0 Å². The average molecular weight is 901 g/mol. The Hall–Kier alpha value is -4.28. The number of fused-ring (bicyclic) bond motifs is 2. The van der Waals surface area contributed by atoms with Gasteiger partial charge in [-0.3, -0.25) is 29.4 Å². The van der Waals surface area contributed by atoms with Crippen LogP contribution < -0.4 is 9.47 Å². The van der Waals surface area contributed by atoms with E-state index in [1.807, 2.05) is 6.92 Å². The van der Waals surface area contributed by atoms with Crippen molar-refractivity contribution >= 4 is 33.7 Å². The zero-order chi connectivity index (χ0) is 45.4. The summed E-state index contributed by atoms with van der Waals surface area (Å²) >= 11 is 0. The minimum atomic E-state index is -0.659. The summed E-state index contributed by atoms with van der Waals surface area (Å²) in [7, 11) is 0. The summed E-state index contributed by atoms with van der Waals surface area (Å²) in [5.41, 5.74) is 5.42. The Kier molecular flexibility index (Phi) is 15.4. The van der Waals surface area contributed by atoms with Gasteiger partial charge in [0.1, 0.15) is 11.5 Å². The number of ether oxygens (including phenoxy) is 3. The topological polar surface area (TPSA) is 114 Å². The highest BCUT2D eigenvalue weighted by Crippen LogP contribution is 2.49. The van der Waals surface area contributed by atoms with Crippen molar-refractivity contribution in [2.45, 2.75) is 173 Å². The highest BCUT2D eigenvalue weighted by atomic mass is 16.5. The van der Waals surface area contributed by atoms with E-state index >= 15 is 0 Å². The van der Waals surface area contributed by atoms with Gasteiger partial charge >= 0.3 is 11.9 Å². The lowest BCUT2D eigenvalue weighted by atomic mass is 9.65. The first-order valence-corrected chi connectivity index (χ1v) is 26.2. The molecule has 2 saturated heterocycles. The van der Waals surface area contributed by atoms with E-state index in [1.165, 1.54) is 116 Å². The number of piperidine rings is 2. The van der Waals surface area contributed by atoms with Crippen LogP contribution in [-0.2, 0) is 27.4 Å². The Labute approximate surface area is 393 Å². The fourth-order valence-corrected chi connectivity index (χ4v) is 12.6. The number of carboxylic acids is 1. The summed E-state index contributed by atoms with van der Waals surface area (Å²) in [5, 5.41) is 11.4. The number of rotatable bonds is 11. The predicted octanol–water partition coefficient (Wildman–Crippen LogP) is 12.1. The van der Waals surface area contributed by atoms with Gasteiger partial charge in [-0.1, -0.05) is 50.7 Å². The first-order chi connectivity index (χ1) is 32.2. The molecule has 10 nitrogen and oxygen atoms in total. The number of pyridine rings is 2. The maximum atomic E-state index is 12.0. The van der Waals surface area contributed by atoms with E-state index in [4.69, 9.17) is 24.2 Å². The molecule has 0 amide bonds. The Balaban J connectivity index is 0.000000166. The summed E-state index contributed by atoms with van der Waals surface area (Å²) in [6, 6.07) is 21.2. The Morgan fingerprint density at radius 2 is 0.985 bits per heavy atom. The van der Waals surface area contributed by atoms with Gasteiger partial charge in [-0.05, 0) is 195 Å². The molecule has 0 radical (unpaired) electrons. The third-order valence-electron chi connectivity index (χ3n) is 16.8. The minimum absolute atomic E-state index is 0.0364. The second-order valence-electron chi connectivity index (χ2n) is 21.3. The van der Waals surface area contributed by atoms with Crippen LogP contribution in [0.5, 0.6) is 11.5 Å². The number of aromatic nitrogens is 2. The van der Waals surface area contributed by atoms with E-state index in [0.717, 1.165) is 110 Å². The zero-order valence-electron chi connectivity index (χ0n) is 39.9. The Morgan fingerprint density at radius 1 is 0.561 bits per heavy atom. The van der Waals surface area contributed by atoms with Gasteiger partial charge in [0.05, 0.1) is 53.1 Å². The number of likely N-dealkylation sites (tertiary alicyclic amines) is 2. The van der Waals surface area contributed by atoms with Gasteiger partial charge in [-0.25, -0.2) is 0 Å². The molecule has 2 spiro atoms. The van der Waals surface area contributed by atoms with Gasteiger partial charge in [-0.15, -0.1) is 0 Å². The number of carbonyl (C=O) groups excluding carboxylic acids is 1. The van der Waals surface area contributed by atoms with Crippen molar-refractivity contribution < 1.29 is 28.9 Å². The van der Waals surface area contributed by atoms with E-state index in [1.54, 1.807) is 0 Å². The molecule has 2 aromatic carbocycles. The van der Waals surface area contributed by atoms with Gasteiger partial charge in [0.2, 0.25) is 0 Å². The molecule has 4 aliphatic carbocycles. The summed E-state index contributed by atoms with van der Waals surface area (Å²) < 4.78 is 18.0. The molecular weight excluding hydrogens is 825 g/mol. The van der Waals surface area contributed by atoms with Gasteiger partial charge < -0.3 is 19.3 Å². The number of hydrogen-bond donors (Lipinski definition) is 1. The monoisotopic (exact) mass is 901 g/mol. The zero-order valence-corrected chi connectivity index (χ0v) is 39.9. The number of carbonyl (C=O) groups is 2. The van der Waals surface area contributed by atoms with E-state index < -0.39 is 5.97 Å². The minimum Gasteiger partial charge on any atom is -0.490 e. The molecule has 2 aromatic heterocycles. The third kappa shape index (κ3) is 12.1. The van der Waals surface area contributed by atoms with Gasteiger partial charge in [0.15, 0.2) is 0 Å². The maximum absolute atomic E-state index is 12.0. The molecule has 1 N–H and O–H groups in total. The van der Waals surface area contributed by atoms with Crippen LogP contribution >= 0.6 is 0 Å². The smallest absolute Gasteiger partial charge is 0.309 e. The van der Waals surface area contributed by atoms with E-state index in [0.29, 0.717) is 29.6 Å². The van der Waals surface area contributed by atoms with Crippen LogP contribution in [0, 0.1) is 22.7 Å². The normalized spacial score (nSPS) is 23.3. The molecule has 0 atom stereocenters. The van der Waals surface area contributed by atoms with Crippen LogP contribution in [0.4, 0.5) is 0 Å². The largest absolute Gasteiger partial charge is 0.490 e. The number of carboxylic acid groups (broad SMARTS) is 1. The van der Waals surface area contributed by atoms with Crippen molar-refractivity contribution in [1.82, 2.24) is 19.8 Å². The molecule has 6 aliphatic rings. The van der Waals surface area contributed by atoms with Gasteiger partial charge in [0.25, 0.3) is 0 Å². The van der Waals surface area contributed by atoms with Gasteiger partial charge in [0, 0.05) is 23.9 Å². The number of nitrogens with zero attached hydrogens (tertiary/aromatic N) is 4. The number of aliphatic carboxylic acids is 1. The molecule has 4 saturated carbocycles. The van der Waals surface area contributed by atoms with E-state index in [9.17, 15) is 14.7 Å². The summed E-state index contributed by atoms with van der Waals surface area (Å²) in [6.45, 7) is 7.43. The molecule has 6 fully saturated rings. The lowest BCUT2D eigenvalue weighted by Gasteiger charge is -2.42. The lowest BCUT2D eigenvalue weighted by molar-refractivity contribution is -0.149. The van der Waals surface area contributed by atoms with Crippen LogP contribution in [0.2, 0.25) is 0 Å². The second kappa shape index (κ2) is 21.8. The fraction of sp³-hybridized carbons (Fsp3) is 0.643. The number of esters is 1. The summed E-state index contributed by atoms with van der Waals surface area (Å²) in [6.07, 6.45) is 28.3. The SMILES string of the molecule is CCOC(=O)C1CCN(Cc2ccc3cc(OC4CCC5(CCCCC5)CC4)ccc3n2)CC1.O=C(O)C1CCN(Cc2ccc3cc(OC4CCC5(CCCCC5)CC4)ccc3n2)CC1. The summed E-state index contributed by atoms with van der Waals surface area (Å²) in [4.78, 5) is 37.6. The van der Waals surface area contributed by atoms with Crippen molar-refractivity contribution in [3.8, 4) is 11.5 Å². The van der Waals surface area contributed by atoms with Crippen molar-refractivity contribution in [2.24, 2.45) is 22.7 Å². The lowest BCUT2D eigenvalue weighted by Crippen LogP contribution is -2.36. The fourth-order valence-electron chi connectivity index (χ4n) is 12.6. The van der Waals surface area contributed by atoms with E-state index in [-0.39, 0.29) is 17.8 Å². The van der Waals surface area contributed by atoms with Crippen molar-refractivity contribution in [2.75, 3.05) is 32.8 Å². The van der Waals surface area contributed by atoms with Crippen LogP contribution in [0.25, 0.3) is 21.8 Å². The quantitative estimate of drug-likeness (QED) is 0.146. The highest BCUT2D eigenvalue weighted by molar-refractivity contribution is 5.81. The summed E-state index contributed by atoms with van der Waals surface area (Å²) in [5.74, 6) is 1.11. The molecule has 2 aliphatic heterocycles. The molecule has 4 heterocycles. The molecular formula is C56H76N4O6. The van der Waals surface area contributed by atoms with Crippen molar-refractivity contribution in [3.05, 3.63) is 72.1 Å². The predicted molar refractivity (Wildman–Crippen MR) is 261 cm³/mol. The Bertz CT molecular complexity index is 2220. The highest BCUT2D eigenvalue weighted by Gasteiger charge is 2.38. The molecule has 0 unspecified atom stereocenters. The third-order valence-corrected chi connectivity index (χ3v) is 16.8. The van der Waals surface area contributed by atoms with Crippen molar-refractivity contribution in [3.63, 3.8) is 0 Å². The van der Waals surface area contributed by atoms with Crippen molar-refractivity contribution in [1.29, 1.82) is 0 Å². The average Bonchev–Trinajstić information content (AvgIpc) is 3.34. The van der Waals surface area contributed by atoms with Crippen LogP contribution in [-0.4, -0.2) is 81.8 Å². The molecule has 356 valence electrons.